The summed E-state index contributed by atoms with van der Waals surface area (Å²) < 4.78 is 1.67. The molecule has 3 aromatic heterocycles. The van der Waals surface area contributed by atoms with Gasteiger partial charge in [0.15, 0.2) is 5.65 Å². The number of fused-ring (bicyclic) bond motifs is 1. The molecule has 29 heavy (non-hydrogen) atoms. The summed E-state index contributed by atoms with van der Waals surface area (Å²) in [6, 6.07) is 14.9. The van der Waals surface area contributed by atoms with Crippen molar-refractivity contribution in [2.45, 2.75) is 26.2 Å². The maximum atomic E-state index is 12.7. The summed E-state index contributed by atoms with van der Waals surface area (Å²) in [5.74, 6) is 0.917. The minimum absolute atomic E-state index is 0.0388. The lowest BCUT2D eigenvalue weighted by atomic mass is 9.87. The summed E-state index contributed by atoms with van der Waals surface area (Å²) in [6.45, 7) is 6.43. The van der Waals surface area contributed by atoms with Crippen molar-refractivity contribution in [2.75, 3.05) is 10.6 Å². The topological polar surface area (TPSA) is 84.2 Å². The van der Waals surface area contributed by atoms with Gasteiger partial charge in [0.1, 0.15) is 11.6 Å². The molecule has 1 amide bonds. The number of nitrogens with one attached hydrogen (secondary N) is 2. The number of rotatable bonds is 4. The van der Waals surface area contributed by atoms with E-state index in [1.165, 1.54) is 5.56 Å². The zero-order valence-corrected chi connectivity index (χ0v) is 16.5. The number of hydrogen-bond acceptors (Lipinski definition) is 5. The van der Waals surface area contributed by atoms with Gasteiger partial charge in [-0.1, -0.05) is 32.9 Å². The molecule has 0 saturated carbocycles. The van der Waals surface area contributed by atoms with Gasteiger partial charge < -0.3 is 10.6 Å². The van der Waals surface area contributed by atoms with Gasteiger partial charge in [0, 0.05) is 35.8 Å². The third kappa shape index (κ3) is 4.08. The van der Waals surface area contributed by atoms with E-state index in [0.29, 0.717) is 22.8 Å². The summed E-state index contributed by atoms with van der Waals surface area (Å²) in [4.78, 5) is 21.2. The van der Waals surface area contributed by atoms with Crippen molar-refractivity contribution in [1.29, 1.82) is 0 Å². The first-order valence-electron chi connectivity index (χ1n) is 9.34. The van der Waals surface area contributed by atoms with E-state index in [-0.39, 0.29) is 11.3 Å². The summed E-state index contributed by atoms with van der Waals surface area (Å²) in [5.41, 5.74) is 3.28. The first-order valence-corrected chi connectivity index (χ1v) is 9.34. The van der Waals surface area contributed by atoms with Crippen LogP contribution in [0.3, 0.4) is 0 Å². The summed E-state index contributed by atoms with van der Waals surface area (Å²) in [5, 5.41) is 10.4. The van der Waals surface area contributed by atoms with Crippen molar-refractivity contribution in [3.63, 3.8) is 0 Å². The van der Waals surface area contributed by atoms with Crippen LogP contribution in [0.1, 0.15) is 36.7 Å². The van der Waals surface area contributed by atoms with Gasteiger partial charge in [0.05, 0.1) is 6.20 Å². The monoisotopic (exact) mass is 386 g/mol. The Kier molecular flexibility index (Phi) is 4.72. The van der Waals surface area contributed by atoms with E-state index >= 15 is 0 Å². The van der Waals surface area contributed by atoms with Gasteiger partial charge >= 0.3 is 0 Å². The fourth-order valence-electron chi connectivity index (χ4n) is 2.96. The van der Waals surface area contributed by atoms with Crippen LogP contribution in [0.25, 0.3) is 5.65 Å². The van der Waals surface area contributed by atoms with Gasteiger partial charge in [-0.3, -0.25) is 9.78 Å². The molecule has 0 unspecified atom stereocenters. The average molecular weight is 386 g/mol. The van der Waals surface area contributed by atoms with E-state index in [9.17, 15) is 4.79 Å². The highest BCUT2D eigenvalue weighted by molar-refractivity contribution is 6.04. The normalized spacial score (nSPS) is 11.4. The number of carbonyl (C=O) groups is 1. The molecule has 0 spiro atoms. The van der Waals surface area contributed by atoms with Gasteiger partial charge in [-0.25, -0.2) is 4.98 Å². The van der Waals surface area contributed by atoms with Crippen LogP contribution in [0.2, 0.25) is 0 Å². The molecular weight excluding hydrogens is 364 g/mol. The summed E-state index contributed by atoms with van der Waals surface area (Å²) >= 11 is 0. The second-order valence-corrected chi connectivity index (χ2v) is 7.77. The van der Waals surface area contributed by atoms with Gasteiger partial charge in [-0.2, -0.15) is 9.61 Å². The number of aromatic nitrogens is 4. The number of amides is 1. The molecule has 0 fully saturated rings. The number of pyridine rings is 1. The smallest absolute Gasteiger partial charge is 0.256 e. The van der Waals surface area contributed by atoms with Gasteiger partial charge in [-0.15, -0.1) is 0 Å². The Balaban J connectivity index is 1.60. The molecule has 0 aliphatic heterocycles. The lowest BCUT2D eigenvalue weighted by molar-refractivity contribution is 0.102. The lowest BCUT2D eigenvalue weighted by Gasteiger charge is -2.19. The maximum Gasteiger partial charge on any atom is 0.256 e. The van der Waals surface area contributed by atoms with E-state index in [1.807, 2.05) is 36.4 Å². The second kappa shape index (κ2) is 7.35. The van der Waals surface area contributed by atoms with Gasteiger partial charge in [0.25, 0.3) is 5.91 Å². The van der Waals surface area contributed by atoms with Crippen molar-refractivity contribution in [1.82, 2.24) is 19.6 Å². The molecule has 3 heterocycles. The number of nitrogens with zero attached hydrogens (tertiary/aromatic N) is 4. The molecule has 0 atom stereocenters. The molecule has 7 heteroatoms. The van der Waals surface area contributed by atoms with Crippen LogP contribution in [-0.2, 0) is 5.41 Å². The molecule has 4 rings (SSSR count). The predicted octanol–water partition coefficient (Wildman–Crippen LogP) is 4.42. The van der Waals surface area contributed by atoms with E-state index in [0.717, 1.165) is 5.69 Å². The van der Waals surface area contributed by atoms with Crippen molar-refractivity contribution in [2.24, 2.45) is 0 Å². The van der Waals surface area contributed by atoms with Crippen LogP contribution in [0.15, 0.2) is 67.1 Å². The minimum Gasteiger partial charge on any atom is -0.340 e. The van der Waals surface area contributed by atoms with Crippen LogP contribution in [0.4, 0.5) is 17.3 Å². The SMILES string of the molecule is CC(C)(C)c1ccc(C(=O)Nc2cc(Nc3ccncc3)n3nccc3n2)cc1. The lowest BCUT2D eigenvalue weighted by Crippen LogP contribution is -2.15. The Morgan fingerprint density at radius 1 is 0.966 bits per heavy atom. The standard InChI is InChI=1S/C22H22N6O/c1-22(2,3)16-6-4-15(5-7-16)21(29)27-18-14-20(25-17-8-11-23-12-9-17)28-19(26-18)10-13-24-28/h4-14H,1-3H3,(H,23,25)(H,26,27,29). The maximum absolute atomic E-state index is 12.7. The zero-order valence-electron chi connectivity index (χ0n) is 16.5. The molecule has 2 N–H and O–H groups in total. The molecule has 0 aliphatic carbocycles. The largest absolute Gasteiger partial charge is 0.340 e. The third-order valence-corrected chi connectivity index (χ3v) is 4.57. The fraction of sp³-hybridized carbons (Fsp3) is 0.182. The molecule has 1 aromatic carbocycles. The molecule has 7 nitrogen and oxygen atoms in total. The van der Waals surface area contributed by atoms with Crippen LogP contribution in [0.5, 0.6) is 0 Å². The van der Waals surface area contributed by atoms with E-state index < -0.39 is 0 Å². The van der Waals surface area contributed by atoms with Crippen molar-refractivity contribution >= 4 is 28.9 Å². The molecule has 0 aliphatic rings. The summed E-state index contributed by atoms with van der Waals surface area (Å²) in [6.07, 6.45) is 5.07. The van der Waals surface area contributed by atoms with E-state index in [1.54, 1.807) is 35.2 Å². The Morgan fingerprint density at radius 2 is 1.69 bits per heavy atom. The highest BCUT2D eigenvalue weighted by atomic mass is 16.1. The first-order chi connectivity index (χ1) is 13.9. The van der Waals surface area contributed by atoms with Crippen LogP contribution in [0, 0.1) is 0 Å². The van der Waals surface area contributed by atoms with Crippen molar-refractivity contribution in [3.05, 3.63) is 78.2 Å². The fourth-order valence-corrected chi connectivity index (χ4v) is 2.96. The number of carbonyl (C=O) groups excluding carboxylic acids is 1. The van der Waals surface area contributed by atoms with Gasteiger partial charge in [0.2, 0.25) is 0 Å². The number of anilines is 3. The molecular formula is C22H22N6O. The zero-order chi connectivity index (χ0) is 20.4. The van der Waals surface area contributed by atoms with Crippen LogP contribution < -0.4 is 10.6 Å². The van der Waals surface area contributed by atoms with Crippen LogP contribution >= 0.6 is 0 Å². The first kappa shape index (κ1) is 18.6. The molecule has 0 saturated heterocycles. The van der Waals surface area contributed by atoms with Crippen molar-refractivity contribution in [3.8, 4) is 0 Å². The second-order valence-electron chi connectivity index (χ2n) is 7.77. The molecule has 0 radical (unpaired) electrons. The Labute approximate surface area is 168 Å². The number of hydrogen-bond donors (Lipinski definition) is 2. The highest BCUT2D eigenvalue weighted by Gasteiger charge is 2.15. The van der Waals surface area contributed by atoms with Crippen LogP contribution in [-0.4, -0.2) is 25.5 Å². The summed E-state index contributed by atoms with van der Waals surface area (Å²) in [7, 11) is 0. The molecule has 4 aromatic rings. The van der Waals surface area contributed by atoms with Crippen molar-refractivity contribution < 1.29 is 4.79 Å². The Morgan fingerprint density at radius 3 is 2.38 bits per heavy atom. The minimum atomic E-state index is -0.211. The quantitative estimate of drug-likeness (QED) is 0.542. The Hall–Kier alpha value is -3.74. The van der Waals surface area contributed by atoms with E-state index in [2.05, 4.69) is 46.5 Å². The molecule has 0 bridgehead atoms. The van der Waals surface area contributed by atoms with E-state index in [4.69, 9.17) is 0 Å². The Bertz CT molecular complexity index is 1140. The predicted molar refractivity (Wildman–Crippen MR) is 114 cm³/mol. The highest BCUT2D eigenvalue weighted by Crippen LogP contribution is 2.23. The third-order valence-electron chi connectivity index (χ3n) is 4.57. The number of benzene rings is 1. The molecule has 146 valence electrons. The average Bonchev–Trinajstić information content (AvgIpc) is 3.17. The van der Waals surface area contributed by atoms with Gasteiger partial charge in [-0.05, 0) is 35.2 Å².